The first-order chi connectivity index (χ1) is 9.66. The molecule has 0 heterocycles. The van der Waals surface area contributed by atoms with E-state index in [9.17, 15) is 0 Å². The maximum atomic E-state index is 9.07. The number of nitriles is 1. The fourth-order valence-electron chi connectivity index (χ4n) is 1.64. The largest absolute Gasteiger partial charge is 0.496 e. The highest BCUT2D eigenvalue weighted by molar-refractivity contribution is 6.30. The van der Waals surface area contributed by atoms with Crippen molar-refractivity contribution in [2.75, 3.05) is 14.2 Å². The molecule has 2 rings (SSSR count). The quantitative estimate of drug-likeness (QED) is 0.853. The van der Waals surface area contributed by atoms with E-state index in [0.29, 0.717) is 33.6 Å². The van der Waals surface area contributed by atoms with Crippen LogP contribution in [0.3, 0.4) is 0 Å². The van der Waals surface area contributed by atoms with Crippen LogP contribution in [0, 0.1) is 11.3 Å². The van der Waals surface area contributed by atoms with E-state index >= 15 is 0 Å². The van der Waals surface area contributed by atoms with E-state index in [0.717, 1.165) is 0 Å². The fraction of sp³-hybridized carbons (Fsp3) is 0.133. The van der Waals surface area contributed by atoms with Crippen molar-refractivity contribution in [2.24, 2.45) is 0 Å². The molecule has 0 bridgehead atoms. The summed E-state index contributed by atoms with van der Waals surface area (Å²) in [7, 11) is 3.11. The van der Waals surface area contributed by atoms with Crippen molar-refractivity contribution in [3.63, 3.8) is 0 Å². The van der Waals surface area contributed by atoms with Crippen LogP contribution in [0.2, 0.25) is 5.02 Å². The first-order valence-corrected chi connectivity index (χ1v) is 6.14. The molecular weight excluding hydrogens is 278 g/mol. The molecule has 0 aromatic heterocycles. The lowest BCUT2D eigenvalue weighted by Crippen LogP contribution is -1.92. The lowest BCUT2D eigenvalue weighted by atomic mass is 10.2. The minimum atomic E-state index is 0.385. The van der Waals surface area contributed by atoms with Crippen LogP contribution in [0.25, 0.3) is 0 Å². The number of rotatable bonds is 4. The topological polar surface area (TPSA) is 51.5 Å². The summed E-state index contributed by atoms with van der Waals surface area (Å²) < 4.78 is 16.0. The van der Waals surface area contributed by atoms with E-state index in [1.165, 1.54) is 0 Å². The maximum absolute atomic E-state index is 9.07. The van der Waals surface area contributed by atoms with Crippen LogP contribution >= 0.6 is 11.6 Å². The Morgan fingerprint density at radius 3 is 2.10 bits per heavy atom. The smallest absolute Gasteiger partial charge is 0.146 e. The van der Waals surface area contributed by atoms with Crippen molar-refractivity contribution in [3.8, 4) is 29.1 Å². The molecule has 4 nitrogen and oxygen atoms in total. The second-order valence-electron chi connectivity index (χ2n) is 3.90. The molecule has 102 valence electrons. The molecular formula is C15H12ClNO3. The molecule has 2 aromatic carbocycles. The van der Waals surface area contributed by atoms with Crippen molar-refractivity contribution in [2.45, 2.75) is 0 Å². The Morgan fingerprint density at radius 2 is 1.55 bits per heavy atom. The lowest BCUT2D eigenvalue weighted by Gasteiger charge is -2.11. The molecule has 0 saturated heterocycles. The van der Waals surface area contributed by atoms with E-state index < -0.39 is 0 Å². The zero-order valence-electron chi connectivity index (χ0n) is 11.0. The van der Waals surface area contributed by atoms with Crippen LogP contribution in [0.1, 0.15) is 5.56 Å². The Labute approximate surface area is 122 Å². The summed E-state index contributed by atoms with van der Waals surface area (Å²) in [5.41, 5.74) is 0.399. The molecule has 0 aliphatic rings. The van der Waals surface area contributed by atoms with E-state index in [2.05, 4.69) is 6.07 Å². The lowest BCUT2D eigenvalue weighted by molar-refractivity contribution is 0.386. The number of ether oxygens (including phenoxy) is 3. The van der Waals surface area contributed by atoms with Gasteiger partial charge in [0.15, 0.2) is 0 Å². The monoisotopic (exact) mass is 289 g/mol. The summed E-state index contributed by atoms with van der Waals surface area (Å²) in [6.07, 6.45) is 0. The number of hydrogen-bond donors (Lipinski definition) is 0. The van der Waals surface area contributed by atoms with Crippen LogP contribution in [-0.2, 0) is 0 Å². The summed E-state index contributed by atoms with van der Waals surface area (Å²) in [5.74, 6) is 2.08. The molecule has 0 fully saturated rings. The summed E-state index contributed by atoms with van der Waals surface area (Å²) in [6.45, 7) is 0. The van der Waals surface area contributed by atoms with Gasteiger partial charge in [-0.15, -0.1) is 0 Å². The fourth-order valence-corrected chi connectivity index (χ4v) is 1.80. The van der Waals surface area contributed by atoms with Gasteiger partial charge in [0.05, 0.1) is 19.8 Å². The minimum Gasteiger partial charge on any atom is -0.496 e. The van der Waals surface area contributed by atoms with Crippen LogP contribution in [0.5, 0.6) is 23.0 Å². The highest BCUT2D eigenvalue weighted by Gasteiger charge is 2.08. The number of methoxy groups -OCH3 is 2. The van der Waals surface area contributed by atoms with Crippen molar-refractivity contribution >= 4 is 11.6 Å². The number of halogens is 1. The Bertz CT molecular complexity index is 642. The predicted molar refractivity (Wildman–Crippen MR) is 75.8 cm³/mol. The van der Waals surface area contributed by atoms with Gasteiger partial charge in [0, 0.05) is 29.3 Å². The second kappa shape index (κ2) is 6.18. The molecule has 20 heavy (non-hydrogen) atoms. The SMILES string of the molecule is COc1cc(OC)cc(Oc2cc(Cl)ccc2C#N)c1. The zero-order valence-corrected chi connectivity index (χ0v) is 11.8. The summed E-state index contributed by atoms with van der Waals surface area (Å²) in [4.78, 5) is 0. The van der Waals surface area contributed by atoms with Gasteiger partial charge in [-0.1, -0.05) is 11.6 Å². The maximum Gasteiger partial charge on any atom is 0.146 e. The van der Waals surface area contributed by atoms with Gasteiger partial charge >= 0.3 is 0 Å². The Morgan fingerprint density at radius 1 is 0.950 bits per heavy atom. The van der Waals surface area contributed by atoms with Crippen molar-refractivity contribution < 1.29 is 14.2 Å². The van der Waals surface area contributed by atoms with Gasteiger partial charge in [-0.05, 0) is 12.1 Å². The highest BCUT2D eigenvalue weighted by atomic mass is 35.5. The number of nitrogens with zero attached hydrogens (tertiary/aromatic N) is 1. The molecule has 0 N–H and O–H groups in total. The van der Waals surface area contributed by atoms with E-state index in [-0.39, 0.29) is 0 Å². The Hall–Kier alpha value is -2.38. The molecule has 5 heteroatoms. The molecule has 0 amide bonds. The standard InChI is InChI=1S/C15H12ClNO3/c1-18-12-6-13(19-2)8-14(7-12)20-15-5-11(16)4-3-10(15)9-17/h3-8H,1-2H3. The third kappa shape index (κ3) is 3.14. The molecule has 0 aliphatic carbocycles. The molecule has 0 saturated carbocycles. The molecule has 0 aliphatic heterocycles. The third-order valence-corrected chi connectivity index (χ3v) is 2.85. The normalized spacial score (nSPS) is 9.70. The molecule has 0 unspecified atom stereocenters. The van der Waals surface area contributed by atoms with Crippen LogP contribution in [0.15, 0.2) is 36.4 Å². The average Bonchev–Trinajstić information content (AvgIpc) is 2.47. The van der Waals surface area contributed by atoms with Gasteiger partial charge in [0.2, 0.25) is 0 Å². The second-order valence-corrected chi connectivity index (χ2v) is 4.34. The van der Waals surface area contributed by atoms with E-state index in [4.69, 9.17) is 31.1 Å². The molecule has 2 aromatic rings. The first kappa shape index (κ1) is 14.0. The van der Waals surface area contributed by atoms with Gasteiger partial charge in [-0.2, -0.15) is 5.26 Å². The summed E-state index contributed by atoms with van der Waals surface area (Å²) in [6, 6.07) is 12.0. The molecule has 0 radical (unpaired) electrons. The van der Waals surface area contributed by atoms with Crippen molar-refractivity contribution in [1.82, 2.24) is 0 Å². The summed E-state index contributed by atoms with van der Waals surface area (Å²) in [5, 5.41) is 9.56. The van der Waals surface area contributed by atoms with Crippen LogP contribution in [-0.4, -0.2) is 14.2 Å². The van der Waals surface area contributed by atoms with Gasteiger partial charge in [-0.3, -0.25) is 0 Å². The van der Waals surface area contributed by atoms with E-state index in [1.807, 2.05) is 0 Å². The van der Waals surface area contributed by atoms with Gasteiger partial charge in [-0.25, -0.2) is 0 Å². The summed E-state index contributed by atoms with van der Waals surface area (Å²) >= 11 is 5.92. The van der Waals surface area contributed by atoms with Crippen molar-refractivity contribution in [1.29, 1.82) is 5.26 Å². The molecule has 0 spiro atoms. The van der Waals surface area contributed by atoms with Gasteiger partial charge in [0.25, 0.3) is 0 Å². The van der Waals surface area contributed by atoms with E-state index in [1.54, 1.807) is 50.6 Å². The Kier molecular flexibility index (Phi) is 4.34. The third-order valence-electron chi connectivity index (χ3n) is 2.62. The van der Waals surface area contributed by atoms with Crippen LogP contribution in [0.4, 0.5) is 0 Å². The van der Waals surface area contributed by atoms with Crippen LogP contribution < -0.4 is 14.2 Å². The average molecular weight is 290 g/mol. The zero-order chi connectivity index (χ0) is 14.5. The van der Waals surface area contributed by atoms with Crippen molar-refractivity contribution in [3.05, 3.63) is 47.0 Å². The van der Waals surface area contributed by atoms with Gasteiger partial charge in [0.1, 0.15) is 29.1 Å². The first-order valence-electron chi connectivity index (χ1n) is 5.77. The number of benzene rings is 2. The predicted octanol–water partition coefficient (Wildman–Crippen LogP) is 4.02. The minimum absolute atomic E-state index is 0.385. The number of hydrogen-bond acceptors (Lipinski definition) is 4. The molecule has 0 atom stereocenters. The highest BCUT2D eigenvalue weighted by Crippen LogP contribution is 2.33. The Balaban J connectivity index is 2.39. The van der Waals surface area contributed by atoms with Gasteiger partial charge < -0.3 is 14.2 Å².